The zero-order chi connectivity index (χ0) is 25.3. The van der Waals surface area contributed by atoms with Crippen LogP contribution in [-0.2, 0) is 17.8 Å². The monoisotopic (exact) mass is 485 g/mol. The van der Waals surface area contributed by atoms with E-state index in [1.165, 1.54) is 0 Å². The summed E-state index contributed by atoms with van der Waals surface area (Å²) in [6, 6.07) is 21.6. The lowest BCUT2D eigenvalue weighted by Crippen LogP contribution is -2.34. The second-order valence-corrected chi connectivity index (χ2v) is 8.66. The van der Waals surface area contributed by atoms with E-state index in [1.807, 2.05) is 85.3 Å². The third-order valence-electron chi connectivity index (χ3n) is 5.65. The second-order valence-electron chi connectivity index (χ2n) is 8.66. The first-order valence-electron chi connectivity index (χ1n) is 11.9. The molecule has 0 amide bonds. The Morgan fingerprint density at radius 2 is 1.92 bits per heavy atom. The van der Waals surface area contributed by atoms with Crippen molar-refractivity contribution in [3.05, 3.63) is 95.6 Å². The molecule has 7 heteroatoms. The van der Waals surface area contributed by atoms with Crippen molar-refractivity contribution in [3.63, 3.8) is 0 Å². The lowest BCUT2D eigenvalue weighted by Gasteiger charge is -2.24. The molecule has 4 rings (SSSR count). The molecule has 0 fully saturated rings. The fourth-order valence-electron chi connectivity index (χ4n) is 4.00. The third kappa shape index (κ3) is 6.64. The largest absolute Gasteiger partial charge is 0.468 e. The Bertz CT molecular complexity index is 1280. The van der Waals surface area contributed by atoms with Gasteiger partial charge < -0.3 is 19.0 Å². The molecule has 0 saturated heterocycles. The molecule has 0 spiro atoms. The van der Waals surface area contributed by atoms with Gasteiger partial charge in [0.05, 0.1) is 42.5 Å². The lowest BCUT2D eigenvalue weighted by molar-refractivity contribution is 0.0228. The highest BCUT2D eigenvalue weighted by molar-refractivity contribution is 5.43. The van der Waals surface area contributed by atoms with Crippen molar-refractivity contribution in [2.75, 3.05) is 19.8 Å². The molecular weight excluding hydrogens is 454 g/mol. The molecule has 1 N–H and O–H groups in total. The lowest BCUT2D eigenvalue weighted by atomic mass is 10.2. The minimum Gasteiger partial charge on any atom is -0.468 e. The van der Waals surface area contributed by atoms with Gasteiger partial charge in [-0.05, 0) is 55.8 Å². The summed E-state index contributed by atoms with van der Waals surface area (Å²) < 4.78 is 19.2. The summed E-state index contributed by atoms with van der Waals surface area (Å²) in [5.74, 6) is 4.58. The van der Waals surface area contributed by atoms with Gasteiger partial charge in [-0.1, -0.05) is 36.3 Å². The zero-order valence-corrected chi connectivity index (χ0v) is 20.6. The first kappa shape index (κ1) is 25.3. The number of rotatable bonds is 12. The number of hydrogen-bond acceptors (Lipinski definition) is 6. The van der Waals surface area contributed by atoms with Gasteiger partial charge in [-0.2, -0.15) is 5.10 Å². The van der Waals surface area contributed by atoms with Gasteiger partial charge in [-0.15, -0.1) is 6.42 Å². The predicted octanol–water partition coefficient (Wildman–Crippen LogP) is 4.89. The number of aryl methyl sites for hydroxylation is 2. The van der Waals surface area contributed by atoms with Gasteiger partial charge in [0.15, 0.2) is 0 Å². The Morgan fingerprint density at radius 3 is 2.64 bits per heavy atom. The van der Waals surface area contributed by atoms with Crippen LogP contribution < -0.4 is 4.74 Å². The molecule has 36 heavy (non-hydrogen) atoms. The summed E-state index contributed by atoms with van der Waals surface area (Å²) in [7, 11) is 0. The highest BCUT2D eigenvalue weighted by atomic mass is 16.5. The van der Waals surface area contributed by atoms with Crippen LogP contribution in [0.25, 0.3) is 5.69 Å². The van der Waals surface area contributed by atoms with Gasteiger partial charge in [-0.25, -0.2) is 4.68 Å². The highest BCUT2D eigenvalue weighted by Gasteiger charge is 2.23. The fourth-order valence-corrected chi connectivity index (χ4v) is 4.00. The maximum Gasteiger partial charge on any atom is 0.227 e. The zero-order valence-electron chi connectivity index (χ0n) is 20.6. The summed E-state index contributed by atoms with van der Waals surface area (Å²) in [5.41, 5.74) is 3.76. The molecule has 2 aromatic heterocycles. The van der Waals surface area contributed by atoms with E-state index in [9.17, 15) is 5.11 Å². The van der Waals surface area contributed by atoms with Crippen LogP contribution in [0.3, 0.4) is 0 Å². The highest BCUT2D eigenvalue weighted by Crippen LogP contribution is 2.32. The molecule has 0 aliphatic heterocycles. The van der Waals surface area contributed by atoms with Crippen LogP contribution in [0.5, 0.6) is 11.6 Å². The molecule has 0 bridgehead atoms. The first-order valence-corrected chi connectivity index (χ1v) is 11.9. The van der Waals surface area contributed by atoms with Crippen molar-refractivity contribution in [2.24, 2.45) is 0 Å². The number of terminal acetylenes is 1. The smallest absolute Gasteiger partial charge is 0.227 e. The standard InChI is InChI=1S/C29H31N3O4/c1-4-15-34-21-25(33)18-31(19-27-14-9-16-35-27)20-28-23(3)30-32(24-11-6-5-7-12-24)29(28)36-26-13-8-10-22(2)17-26/h1,5-14,16-17,25,33H,15,18-21H2,2-3H3/t25-/m1/s1. The van der Waals surface area contributed by atoms with Crippen molar-refractivity contribution < 1.29 is 19.0 Å². The van der Waals surface area contributed by atoms with E-state index in [1.54, 1.807) is 6.26 Å². The SMILES string of the molecule is C#CCOC[C@H](O)CN(Cc1ccco1)Cc1c(C)nn(-c2ccccc2)c1Oc1cccc(C)c1. The molecular formula is C29H31N3O4. The first-order chi connectivity index (χ1) is 17.5. The van der Waals surface area contributed by atoms with Crippen molar-refractivity contribution in [2.45, 2.75) is 33.0 Å². The predicted molar refractivity (Wildman–Crippen MR) is 138 cm³/mol. The number of nitrogens with zero attached hydrogens (tertiary/aromatic N) is 3. The van der Waals surface area contributed by atoms with E-state index >= 15 is 0 Å². The quantitative estimate of drug-likeness (QED) is 0.228. The molecule has 186 valence electrons. The summed E-state index contributed by atoms with van der Waals surface area (Å²) >= 11 is 0. The van der Waals surface area contributed by atoms with E-state index < -0.39 is 6.10 Å². The van der Waals surface area contributed by atoms with Gasteiger partial charge in [0.2, 0.25) is 5.88 Å². The van der Waals surface area contributed by atoms with Crippen molar-refractivity contribution in [1.29, 1.82) is 0 Å². The average Bonchev–Trinajstić information content (AvgIpc) is 3.48. The average molecular weight is 486 g/mol. The topological polar surface area (TPSA) is 72.9 Å². The Hall–Kier alpha value is -3.83. The molecule has 0 aliphatic carbocycles. The van der Waals surface area contributed by atoms with Crippen LogP contribution >= 0.6 is 0 Å². The summed E-state index contributed by atoms with van der Waals surface area (Å²) in [6.45, 7) is 5.63. The Balaban J connectivity index is 1.67. The molecule has 2 heterocycles. The minimum atomic E-state index is -0.723. The van der Waals surface area contributed by atoms with Gasteiger partial charge in [0.25, 0.3) is 0 Å². The summed E-state index contributed by atoms with van der Waals surface area (Å²) in [5, 5.41) is 15.4. The summed E-state index contributed by atoms with van der Waals surface area (Å²) in [6.07, 6.45) is 6.18. The second kappa shape index (κ2) is 12.2. The fraction of sp³-hybridized carbons (Fsp3) is 0.276. The number of aromatic nitrogens is 2. The van der Waals surface area contributed by atoms with Crippen LogP contribution in [-0.4, -0.2) is 45.6 Å². The van der Waals surface area contributed by atoms with Crippen molar-refractivity contribution in [1.82, 2.24) is 14.7 Å². The van der Waals surface area contributed by atoms with E-state index in [4.69, 9.17) is 25.4 Å². The van der Waals surface area contributed by atoms with Crippen LogP contribution in [0, 0.1) is 26.2 Å². The Morgan fingerprint density at radius 1 is 1.08 bits per heavy atom. The number of aliphatic hydroxyl groups excluding tert-OH is 1. The van der Waals surface area contributed by atoms with Crippen LogP contribution in [0.4, 0.5) is 0 Å². The van der Waals surface area contributed by atoms with Gasteiger partial charge in [0, 0.05) is 13.1 Å². The number of para-hydroxylation sites is 1. The normalized spacial score (nSPS) is 12.0. The molecule has 2 aromatic carbocycles. The van der Waals surface area contributed by atoms with Crippen LogP contribution in [0.15, 0.2) is 77.4 Å². The van der Waals surface area contributed by atoms with Crippen molar-refractivity contribution in [3.8, 4) is 29.7 Å². The number of benzene rings is 2. The van der Waals surface area contributed by atoms with Gasteiger partial charge in [-0.3, -0.25) is 4.90 Å². The maximum atomic E-state index is 10.6. The molecule has 0 saturated carbocycles. The number of hydrogen-bond donors (Lipinski definition) is 1. The molecule has 0 unspecified atom stereocenters. The molecule has 0 aliphatic rings. The molecule has 7 nitrogen and oxygen atoms in total. The van der Waals surface area contributed by atoms with E-state index in [2.05, 4.69) is 10.8 Å². The van der Waals surface area contributed by atoms with Crippen LogP contribution in [0.1, 0.15) is 22.6 Å². The van der Waals surface area contributed by atoms with Gasteiger partial charge >= 0.3 is 0 Å². The molecule has 4 aromatic rings. The van der Waals surface area contributed by atoms with E-state index in [-0.39, 0.29) is 13.2 Å². The number of aliphatic hydroxyl groups is 1. The third-order valence-corrected chi connectivity index (χ3v) is 5.65. The van der Waals surface area contributed by atoms with E-state index in [0.29, 0.717) is 25.5 Å². The van der Waals surface area contributed by atoms with Crippen LogP contribution in [0.2, 0.25) is 0 Å². The van der Waals surface area contributed by atoms with Gasteiger partial charge in [0.1, 0.15) is 18.1 Å². The van der Waals surface area contributed by atoms with Crippen molar-refractivity contribution >= 4 is 0 Å². The van der Waals surface area contributed by atoms with E-state index in [0.717, 1.165) is 34.0 Å². The Labute approximate surface area is 211 Å². The Kier molecular flexibility index (Phi) is 8.58. The summed E-state index contributed by atoms with van der Waals surface area (Å²) in [4.78, 5) is 2.09. The minimum absolute atomic E-state index is 0.147. The number of ether oxygens (including phenoxy) is 2. The molecule has 1 atom stereocenters. The number of furan rings is 1. The maximum absolute atomic E-state index is 10.6. The molecule has 0 radical (unpaired) electrons.